The van der Waals surface area contributed by atoms with Gasteiger partial charge in [0, 0.05) is 28.4 Å². The van der Waals surface area contributed by atoms with E-state index in [1.165, 1.54) is 0 Å². The summed E-state index contributed by atoms with van der Waals surface area (Å²) in [5.74, 6) is 1.34. The smallest absolute Gasteiger partial charge is 0.134 e. The van der Waals surface area contributed by atoms with Gasteiger partial charge in [-0.05, 0) is 31.9 Å². The molecular weight excluding hydrogens is 224 g/mol. The van der Waals surface area contributed by atoms with Gasteiger partial charge in [0.25, 0.3) is 0 Å². The van der Waals surface area contributed by atoms with E-state index in [9.17, 15) is 0 Å². The lowest BCUT2D eigenvalue weighted by Crippen LogP contribution is -2.45. The fourth-order valence-electron chi connectivity index (χ4n) is 1.98. The highest BCUT2D eigenvalue weighted by Crippen LogP contribution is 2.10. The minimum atomic E-state index is -0.142. The van der Waals surface area contributed by atoms with Crippen molar-refractivity contribution in [2.45, 2.75) is 45.8 Å². The van der Waals surface area contributed by atoms with Crippen LogP contribution in [-0.4, -0.2) is 17.2 Å². The number of nitrogens with two attached hydrogens (primary N) is 1. The zero-order chi connectivity index (χ0) is 13.3. The molecule has 0 saturated carbocycles. The molecule has 4 heteroatoms. The maximum Gasteiger partial charge on any atom is 0.134 e. The molecule has 0 spiro atoms. The molecule has 0 fully saturated rings. The average molecular weight is 246 g/mol. The third-order valence-electron chi connectivity index (χ3n) is 2.90. The van der Waals surface area contributed by atoms with Crippen molar-refractivity contribution in [1.82, 2.24) is 10.3 Å². The normalized spacial score (nSPS) is 17.8. The number of hydrogen-bond acceptors (Lipinski definition) is 4. The molecule has 2 rings (SSSR count). The van der Waals surface area contributed by atoms with Gasteiger partial charge in [0.05, 0.1) is 6.17 Å². The average Bonchev–Trinajstić information content (AvgIpc) is 2.28. The third kappa shape index (κ3) is 2.64. The lowest BCUT2D eigenvalue weighted by Gasteiger charge is -2.17. The minimum absolute atomic E-state index is 0.142. The van der Waals surface area contributed by atoms with Gasteiger partial charge in [-0.3, -0.25) is 0 Å². The second kappa shape index (κ2) is 4.98. The Morgan fingerprint density at radius 2 is 2.06 bits per heavy atom. The summed E-state index contributed by atoms with van der Waals surface area (Å²) in [6, 6.07) is 2.48. The Hall–Kier alpha value is -1.55. The summed E-state index contributed by atoms with van der Waals surface area (Å²) in [6.07, 6.45) is 3.84. The van der Waals surface area contributed by atoms with Crippen molar-refractivity contribution in [3.63, 3.8) is 0 Å². The van der Waals surface area contributed by atoms with Gasteiger partial charge in [-0.25, -0.2) is 4.98 Å². The van der Waals surface area contributed by atoms with E-state index in [2.05, 4.69) is 44.4 Å². The molecule has 1 atom stereocenters. The van der Waals surface area contributed by atoms with Crippen LogP contribution in [0, 0.1) is 0 Å². The first kappa shape index (κ1) is 12.9. The number of nitrogens with one attached hydrogen (secondary N) is 2. The number of anilines is 1. The fraction of sp³-hybridized carbons (Fsp3) is 0.500. The molecule has 0 radical (unpaired) electrons. The van der Waals surface area contributed by atoms with Gasteiger partial charge in [0.1, 0.15) is 5.82 Å². The van der Waals surface area contributed by atoms with Gasteiger partial charge in [0.15, 0.2) is 0 Å². The summed E-state index contributed by atoms with van der Waals surface area (Å²) >= 11 is 0. The predicted molar refractivity (Wildman–Crippen MR) is 76.4 cm³/mol. The molecule has 4 N–H and O–H groups in total. The van der Waals surface area contributed by atoms with Crippen molar-refractivity contribution in [3.8, 4) is 0 Å². The molecule has 0 aliphatic carbocycles. The summed E-state index contributed by atoms with van der Waals surface area (Å²) in [4.78, 5) is 4.71. The monoisotopic (exact) mass is 246 g/mol. The summed E-state index contributed by atoms with van der Waals surface area (Å²) in [6.45, 7) is 8.53. The van der Waals surface area contributed by atoms with E-state index < -0.39 is 0 Å². The molecular formula is C14H22N4. The van der Waals surface area contributed by atoms with E-state index >= 15 is 0 Å². The molecule has 18 heavy (non-hydrogen) atoms. The van der Waals surface area contributed by atoms with Crippen LogP contribution in [0.3, 0.4) is 0 Å². The zero-order valence-corrected chi connectivity index (χ0v) is 11.5. The molecule has 1 aliphatic rings. The van der Waals surface area contributed by atoms with Gasteiger partial charge >= 0.3 is 0 Å². The SMILES string of the molecule is CC(C)Nc1nc(C(C)C)cc2c1=CC(N)NC=2. The maximum atomic E-state index is 5.89. The molecule has 1 aliphatic heterocycles. The molecule has 1 aromatic rings. The lowest BCUT2D eigenvalue weighted by molar-refractivity contribution is 0.778. The highest BCUT2D eigenvalue weighted by atomic mass is 15.0. The second-order valence-electron chi connectivity index (χ2n) is 5.36. The van der Waals surface area contributed by atoms with E-state index in [-0.39, 0.29) is 6.17 Å². The Bertz CT molecular complexity index is 546. The second-order valence-corrected chi connectivity index (χ2v) is 5.36. The summed E-state index contributed by atoms with van der Waals surface area (Å²) in [5, 5.41) is 8.78. The van der Waals surface area contributed by atoms with Crippen molar-refractivity contribution < 1.29 is 0 Å². The van der Waals surface area contributed by atoms with Crippen LogP contribution in [0.2, 0.25) is 0 Å². The molecule has 4 nitrogen and oxygen atoms in total. The molecule has 1 unspecified atom stereocenters. The summed E-state index contributed by atoms with van der Waals surface area (Å²) in [7, 11) is 0. The van der Waals surface area contributed by atoms with E-state index in [1.54, 1.807) is 0 Å². The highest BCUT2D eigenvalue weighted by Gasteiger charge is 2.10. The first-order valence-corrected chi connectivity index (χ1v) is 6.48. The number of aromatic nitrogens is 1. The number of fused-ring (bicyclic) bond motifs is 1. The Morgan fingerprint density at radius 3 is 2.67 bits per heavy atom. The van der Waals surface area contributed by atoms with Crippen molar-refractivity contribution in [2.75, 3.05) is 5.32 Å². The van der Waals surface area contributed by atoms with Crippen LogP contribution in [0.4, 0.5) is 5.82 Å². The van der Waals surface area contributed by atoms with Gasteiger partial charge in [0.2, 0.25) is 0 Å². The maximum absolute atomic E-state index is 5.89. The molecule has 0 amide bonds. The quantitative estimate of drug-likeness (QED) is 0.724. The zero-order valence-electron chi connectivity index (χ0n) is 11.5. The third-order valence-corrected chi connectivity index (χ3v) is 2.90. The van der Waals surface area contributed by atoms with Crippen LogP contribution >= 0.6 is 0 Å². The van der Waals surface area contributed by atoms with Gasteiger partial charge in [-0.15, -0.1) is 0 Å². The van der Waals surface area contributed by atoms with E-state index in [4.69, 9.17) is 10.7 Å². The predicted octanol–water partition coefficient (Wildman–Crippen LogP) is 0.432. The summed E-state index contributed by atoms with van der Waals surface area (Å²) in [5.41, 5.74) is 6.99. The van der Waals surface area contributed by atoms with Crippen LogP contribution in [-0.2, 0) is 0 Å². The summed E-state index contributed by atoms with van der Waals surface area (Å²) < 4.78 is 0. The van der Waals surface area contributed by atoms with Gasteiger partial charge < -0.3 is 16.4 Å². The topological polar surface area (TPSA) is 63.0 Å². The van der Waals surface area contributed by atoms with E-state index in [0.29, 0.717) is 12.0 Å². The number of pyridine rings is 1. The van der Waals surface area contributed by atoms with Gasteiger partial charge in [-0.1, -0.05) is 13.8 Å². The van der Waals surface area contributed by atoms with Crippen LogP contribution in [0.1, 0.15) is 39.3 Å². The largest absolute Gasteiger partial charge is 0.372 e. The van der Waals surface area contributed by atoms with Crippen molar-refractivity contribution in [2.24, 2.45) is 5.73 Å². The molecule has 0 aromatic carbocycles. The van der Waals surface area contributed by atoms with E-state index in [0.717, 1.165) is 21.9 Å². The standard InChI is InChI=1S/C14H22N4/c1-8(2)12-5-10-7-16-13(15)6-11(10)14(18-12)17-9(3)4/h5-9,13,16H,15H2,1-4H3,(H,17,18). The van der Waals surface area contributed by atoms with Gasteiger partial charge in [-0.2, -0.15) is 0 Å². The van der Waals surface area contributed by atoms with Crippen molar-refractivity contribution >= 4 is 18.1 Å². The minimum Gasteiger partial charge on any atom is -0.372 e. The Balaban J connectivity index is 2.62. The van der Waals surface area contributed by atoms with Crippen LogP contribution in [0.5, 0.6) is 0 Å². The molecule has 2 heterocycles. The lowest BCUT2D eigenvalue weighted by atomic mass is 10.1. The molecule has 0 saturated heterocycles. The Labute approximate surface area is 108 Å². The van der Waals surface area contributed by atoms with E-state index in [1.807, 2.05) is 12.3 Å². The fourth-order valence-corrected chi connectivity index (χ4v) is 1.98. The first-order chi connectivity index (χ1) is 8.47. The van der Waals surface area contributed by atoms with Crippen LogP contribution in [0.25, 0.3) is 12.3 Å². The van der Waals surface area contributed by atoms with Crippen LogP contribution in [0.15, 0.2) is 6.07 Å². The number of hydrogen-bond donors (Lipinski definition) is 3. The van der Waals surface area contributed by atoms with Crippen LogP contribution < -0.4 is 26.8 Å². The van der Waals surface area contributed by atoms with Crippen molar-refractivity contribution in [3.05, 3.63) is 22.2 Å². The molecule has 0 bridgehead atoms. The first-order valence-electron chi connectivity index (χ1n) is 6.48. The van der Waals surface area contributed by atoms with Crippen molar-refractivity contribution in [1.29, 1.82) is 0 Å². The molecule has 1 aromatic heterocycles. The number of rotatable bonds is 3. The Morgan fingerprint density at radius 1 is 1.33 bits per heavy atom. The Kier molecular flexibility index (Phi) is 3.57. The molecule has 98 valence electrons. The number of nitrogens with zero attached hydrogens (tertiary/aromatic N) is 1. The highest BCUT2D eigenvalue weighted by molar-refractivity contribution is 5.51.